The van der Waals surface area contributed by atoms with E-state index in [0.717, 1.165) is 16.4 Å². The van der Waals surface area contributed by atoms with E-state index in [4.69, 9.17) is 0 Å². The normalized spacial score (nSPS) is 14.0. The van der Waals surface area contributed by atoms with Crippen LogP contribution in [0.1, 0.15) is 6.92 Å². The highest BCUT2D eigenvalue weighted by Crippen LogP contribution is 2.21. The lowest BCUT2D eigenvalue weighted by molar-refractivity contribution is 0.412. The predicted molar refractivity (Wildman–Crippen MR) is 64.6 cm³/mol. The quantitative estimate of drug-likeness (QED) is 0.796. The topological polar surface area (TPSA) is 37.4 Å². The first kappa shape index (κ1) is 14.5. The molecule has 0 amide bonds. The van der Waals surface area contributed by atoms with Crippen molar-refractivity contribution in [3.8, 4) is 0 Å². The minimum absolute atomic E-state index is 0.359. The zero-order valence-corrected chi connectivity index (χ0v) is 11.7. The molecule has 96 valence electrons. The van der Waals surface area contributed by atoms with Crippen LogP contribution in [0.2, 0.25) is 0 Å². The van der Waals surface area contributed by atoms with E-state index in [1.807, 2.05) is 0 Å². The van der Waals surface area contributed by atoms with Gasteiger partial charge in [0.05, 0.1) is 0 Å². The van der Waals surface area contributed by atoms with Gasteiger partial charge in [0.15, 0.2) is 0 Å². The molecule has 0 fully saturated rings. The van der Waals surface area contributed by atoms with E-state index in [9.17, 15) is 17.2 Å². The van der Waals surface area contributed by atoms with Gasteiger partial charge in [-0.1, -0.05) is 15.9 Å². The fourth-order valence-corrected chi connectivity index (χ4v) is 3.22. The third kappa shape index (κ3) is 3.02. The third-order valence-corrected chi connectivity index (χ3v) is 5.32. The van der Waals surface area contributed by atoms with Gasteiger partial charge in [-0.3, -0.25) is 0 Å². The molecular formula is C10H12BrF2NO2S. The smallest absolute Gasteiger partial charge is 0.207 e. The third-order valence-electron chi connectivity index (χ3n) is 2.39. The summed E-state index contributed by atoms with van der Waals surface area (Å²) in [6, 6.07) is 2.00. The number of benzene rings is 1. The Hall–Kier alpha value is -0.530. The SMILES string of the molecule is CC(CBr)N(C)S(=O)(=O)c1cc(F)ccc1F. The fraction of sp³-hybridized carbons (Fsp3) is 0.400. The number of nitrogens with zero attached hydrogens (tertiary/aromatic N) is 1. The summed E-state index contributed by atoms with van der Waals surface area (Å²) in [6.07, 6.45) is 0. The van der Waals surface area contributed by atoms with Gasteiger partial charge in [0.25, 0.3) is 0 Å². The van der Waals surface area contributed by atoms with Crippen LogP contribution in [0.5, 0.6) is 0 Å². The van der Waals surface area contributed by atoms with E-state index in [0.29, 0.717) is 11.4 Å². The minimum atomic E-state index is -4.02. The molecule has 1 atom stereocenters. The Balaban J connectivity index is 3.26. The van der Waals surface area contributed by atoms with Gasteiger partial charge in [0.2, 0.25) is 10.0 Å². The summed E-state index contributed by atoms with van der Waals surface area (Å²) in [5, 5.41) is 0.402. The van der Waals surface area contributed by atoms with Gasteiger partial charge in [-0.2, -0.15) is 4.31 Å². The number of hydrogen-bond donors (Lipinski definition) is 0. The van der Waals surface area contributed by atoms with Gasteiger partial charge in [-0.05, 0) is 25.1 Å². The summed E-state index contributed by atoms with van der Waals surface area (Å²) >= 11 is 3.14. The van der Waals surface area contributed by atoms with Crippen molar-refractivity contribution in [2.24, 2.45) is 0 Å². The summed E-state index contributed by atoms with van der Waals surface area (Å²) < 4.78 is 51.4. The van der Waals surface area contributed by atoms with Crippen molar-refractivity contribution >= 4 is 26.0 Å². The molecule has 0 heterocycles. The Morgan fingerprint density at radius 2 is 2.00 bits per heavy atom. The standard InChI is InChI=1S/C10H12BrF2NO2S/c1-7(6-11)14(2)17(15,16)10-5-8(12)3-4-9(10)13/h3-5,7H,6H2,1-2H3. The average molecular weight is 328 g/mol. The number of halogens is 3. The van der Waals surface area contributed by atoms with Gasteiger partial charge in [-0.25, -0.2) is 17.2 Å². The van der Waals surface area contributed by atoms with Crippen molar-refractivity contribution in [2.45, 2.75) is 17.9 Å². The molecule has 0 aliphatic heterocycles. The molecule has 0 bridgehead atoms. The second kappa shape index (κ2) is 5.41. The Labute approximate surface area is 108 Å². The predicted octanol–water partition coefficient (Wildman–Crippen LogP) is 2.37. The summed E-state index contributed by atoms with van der Waals surface area (Å²) in [5.74, 6) is -1.75. The first-order valence-electron chi connectivity index (χ1n) is 4.79. The van der Waals surface area contributed by atoms with Crippen LogP contribution >= 0.6 is 15.9 Å². The van der Waals surface area contributed by atoms with E-state index in [1.165, 1.54) is 7.05 Å². The van der Waals surface area contributed by atoms with Crippen LogP contribution < -0.4 is 0 Å². The highest BCUT2D eigenvalue weighted by Gasteiger charge is 2.28. The lowest BCUT2D eigenvalue weighted by Crippen LogP contribution is -2.36. The number of rotatable bonds is 4. The lowest BCUT2D eigenvalue weighted by atomic mass is 10.3. The molecular weight excluding hydrogens is 316 g/mol. The molecule has 0 aliphatic carbocycles. The highest BCUT2D eigenvalue weighted by molar-refractivity contribution is 9.09. The molecule has 17 heavy (non-hydrogen) atoms. The maximum Gasteiger partial charge on any atom is 0.246 e. The molecule has 0 aliphatic rings. The van der Waals surface area contributed by atoms with Crippen LogP contribution in [0.4, 0.5) is 8.78 Å². The van der Waals surface area contributed by atoms with Gasteiger partial charge in [0, 0.05) is 18.4 Å². The van der Waals surface area contributed by atoms with Gasteiger partial charge < -0.3 is 0 Å². The molecule has 1 unspecified atom stereocenters. The summed E-state index contributed by atoms with van der Waals surface area (Å²) in [5.41, 5.74) is 0. The van der Waals surface area contributed by atoms with Crippen molar-refractivity contribution in [3.63, 3.8) is 0 Å². The molecule has 7 heteroatoms. The summed E-state index contributed by atoms with van der Waals surface area (Å²) in [4.78, 5) is -0.646. The first-order chi connectivity index (χ1) is 7.80. The maximum atomic E-state index is 13.4. The Morgan fingerprint density at radius 3 is 2.53 bits per heavy atom. The molecule has 1 aromatic carbocycles. The van der Waals surface area contributed by atoms with Crippen LogP contribution in [0.15, 0.2) is 23.1 Å². The Morgan fingerprint density at radius 1 is 1.41 bits per heavy atom. The average Bonchev–Trinajstić information content (AvgIpc) is 2.30. The van der Waals surface area contributed by atoms with E-state index >= 15 is 0 Å². The van der Waals surface area contributed by atoms with Crippen molar-refractivity contribution in [1.82, 2.24) is 4.31 Å². The molecule has 0 aromatic heterocycles. The van der Waals surface area contributed by atoms with Crippen LogP contribution in [0, 0.1) is 11.6 Å². The summed E-state index contributed by atoms with van der Waals surface area (Å²) in [7, 11) is -2.69. The van der Waals surface area contributed by atoms with E-state index in [1.54, 1.807) is 6.92 Å². The van der Waals surface area contributed by atoms with Crippen LogP contribution in [-0.4, -0.2) is 31.1 Å². The lowest BCUT2D eigenvalue weighted by Gasteiger charge is -2.22. The zero-order valence-electron chi connectivity index (χ0n) is 9.32. The summed E-state index contributed by atoms with van der Waals surface area (Å²) in [6.45, 7) is 1.66. The van der Waals surface area contributed by atoms with Crippen molar-refractivity contribution in [1.29, 1.82) is 0 Å². The Kier molecular flexibility index (Phi) is 4.62. The molecule has 1 aromatic rings. The highest BCUT2D eigenvalue weighted by atomic mass is 79.9. The molecule has 0 saturated carbocycles. The van der Waals surface area contributed by atoms with Crippen LogP contribution in [-0.2, 0) is 10.0 Å². The van der Waals surface area contributed by atoms with Gasteiger partial charge in [-0.15, -0.1) is 0 Å². The monoisotopic (exact) mass is 327 g/mol. The molecule has 1 rings (SSSR count). The van der Waals surface area contributed by atoms with Crippen molar-refractivity contribution < 1.29 is 17.2 Å². The van der Waals surface area contributed by atoms with Crippen LogP contribution in [0.3, 0.4) is 0 Å². The fourth-order valence-electron chi connectivity index (χ4n) is 1.16. The Bertz CT molecular complexity index is 507. The van der Waals surface area contributed by atoms with E-state index in [-0.39, 0.29) is 6.04 Å². The number of alkyl halides is 1. The number of sulfonamides is 1. The molecule has 0 spiro atoms. The molecule has 3 nitrogen and oxygen atoms in total. The van der Waals surface area contributed by atoms with E-state index < -0.39 is 26.6 Å². The van der Waals surface area contributed by atoms with Gasteiger partial charge in [0.1, 0.15) is 16.5 Å². The largest absolute Gasteiger partial charge is 0.246 e. The number of hydrogen-bond acceptors (Lipinski definition) is 2. The van der Waals surface area contributed by atoms with Crippen molar-refractivity contribution in [2.75, 3.05) is 12.4 Å². The maximum absolute atomic E-state index is 13.4. The first-order valence-corrected chi connectivity index (χ1v) is 7.36. The second-order valence-corrected chi connectivity index (χ2v) is 6.21. The van der Waals surface area contributed by atoms with E-state index in [2.05, 4.69) is 15.9 Å². The molecule has 0 radical (unpaired) electrons. The molecule has 0 saturated heterocycles. The second-order valence-electron chi connectivity index (χ2n) is 3.60. The molecule has 0 N–H and O–H groups in total. The van der Waals surface area contributed by atoms with Gasteiger partial charge >= 0.3 is 0 Å². The minimum Gasteiger partial charge on any atom is -0.207 e. The zero-order chi connectivity index (χ0) is 13.2. The van der Waals surface area contributed by atoms with Crippen LogP contribution in [0.25, 0.3) is 0 Å². The van der Waals surface area contributed by atoms with Crippen molar-refractivity contribution in [3.05, 3.63) is 29.8 Å².